The van der Waals surface area contributed by atoms with E-state index in [1.807, 2.05) is 0 Å². The van der Waals surface area contributed by atoms with E-state index in [1.54, 1.807) is 27.7 Å². The first-order chi connectivity index (χ1) is 8.96. The fourth-order valence-corrected chi connectivity index (χ4v) is 2.14. The molecule has 2 aliphatic rings. The van der Waals surface area contributed by atoms with E-state index >= 15 is 0 Å². The third-order valence-corrected chi connectivity index (χ3v) is 4.12. The van der Waals surface area contributed by atoms with E-state index in [0.29, 0.717) is 4.90 Å². The van der Waals surface area contributed by atoms with E-state index in [0.717, 1.165) is 0 Å². The summed E-state index contributed by atoms with van der Waals surface area (Å²) in [4.78, 5) is 11.4. The summed E-state index contributed by atoms with van der Waals surface area (Å²) in [5.74, 6) is -3.29. The lowest BCUT2D eigenvalue weighted by molar-refractivity contribution is 0.00245. The average molecular weight is 289 g/mol. The first-order valence-electron chi connectivity index (χ1n) is 6.38. The lowest BCUT2D eigenvalue weighted by Crippen LogP contribution is -2.49. The zero-order valence-electron chi connectivity index (χ0n) is 11.9. The van der Waals surface area contributed by atoms with Gasteiger partial charge in [0.15, 0.2) is 0 Å². The van der Waals surface area contributed by atoms with E-state index in [2.05, 4.69) is 0 Å². The van der Waals surface area contributed by atoms with Gasteiger partial charge in [0, 0.05) is 12.0 Å². The average Bonchev–Trinajstić information content (AvgIpc) is 2.45. The second kappa shape index (κ2) is 4.43. The molecule has 2 heterocycles. The van der Waals surface area contributed by atoms with Crippen LogP contribution >= 0.6 is 0 Å². The summed E-state index contributed by atoms with van der Waals surface area (Å²) in [6.45, 7) is 6.13. The van der Waals surface area contributed by atoms with Crippen molar-refractivity contribution in [2.24, 2.45) is 0 Å². The molecule has 1 saturated heterocycles. The molecule has 0 atom stereocenters. The molecule has 5 nitrogen and oxygen atoms in total. The molecule has 1 amide bonds. The van der Waals surface area contributed by atoms with Gasteiger partial charge in [-0.1, -0.05) is 6.08 Å². The highest BCUT2D eigenvalue weighted by molar-refractivity contribution is 6.55. The summed E-state index contributed by atoms with van der Waals surface area (Å²) in [6, 6.07) is 0. The summed E-state index contributed by atoms with van der Waals surface area (Å²) in [5.41, 5.74) is -1.72. The van der Waals surface area contributed by atoms with Crippen LogP contribution in [0.3, 0.4) is 0 Å². The monoisotopic (exact) mass is 289 g/mol. The third kappa shape index (κ3) is 2.42. The zero-order valence-corrected chi connectivity index (χ0v) is 11.9. The first-order valence-corrected chi connectivity index (χ1v) is 6.38. The fraction of sp³-hybridized carbons (Fsp3) is 0.750. The lowest BCUT2D eigenvalue weighted by atomic mass is 9.72. The molecule has 2 rings (SSSR count). The van der Waals surface area contributed by atoms with Crippen LogP contribution in [-0.2, 0) is 9.31 Å². The number of carboxylic acid groups (broad SMARTS) is 1. The number of hydrogen-bond acceptors (Lipinski definition) is 3. The minimum Gasteiger partial charge on any atom is -0.465 e. The van der Waals surface area contributed by atoms with Crippen LogP contribution in [0.4, 0.5) is 13.6 Å². The topological polar surface area (TPSA) is 59.0 Å². The molecule has 112 valence electrons. The Morgan fingerprint density at radius 2 is 1.80 bits per heavy atom. The molecule has 0 bridgehead atoms. The van der Waals surface area contributed by atoms with Gasteiger partial charge in [-0.2, -0.15) is 0 Å². The Morgan fingerprint density at radius 3 is 2.20 bits per heavy atom. The summed E-state index contributed by atoms with van der Waals surface area (Å²) in [7, 11) is -1.15. The molecule has 0 aliphatic carbocycles. The molecule has 0 saturated carbocycles. The van der Waals surface area contributed by atoms with Crippen molar-refractivity contribution in [1.29, 1.82) is 0 Å². The number of alkyl halides is 2. The van der Waals surface area contributed by atoms with Gasteiger partial charge in [0.05, 0.1) is 17.7 Å². The van der Waals surface area contributed by atoms with Crippen LogP contribution in [0.25, 0.3) is 0 Å². The highest BCUT2D eigenvalue weighted by atomic mass is 19.3. The Morgan fingerprint density at radius 1 is 1.30 bits per heavy atom. The van der Waals surface area contributed by atoms with Gasteiger partial charge < -0.3 is 14.4 Å². The molecule has 1 N–H and O–H groups in total. The van der Waals surface area contributed by atoms with E-state index in [1.165, 1.54) is 6.08 Å². The van der Waals surface area contributed by atoms with Crippen LogP contribution in [0.5, 0.6) is 0 Å². The smallest absolute Gasteiger partial charge is 0.465 e. The van der Waals surface area contributed by atoms with Crippen molar-refractivity contribution in [1.82, 2.24) is 4.90 Å². The van der Waals surface area contributed by atoms with Gasteiger partial charge in [-0.05, 0) is 27.7 Å². The van der Waals surface area contributed by atoms with E-state index in [-0.39, 0.29) is 12.0 Å². The van der Waals surface area contributed by atoms with Gasteiger partial charge in [0.25, 0.3) is 5.92 Å². The Kier molecular flexibility index (Phi) is 3.37. The van der Waals surface area contributed by atoms with Crippen LogP contribution < -0.4 is 0 Å². The maximum Gasteiger partial charge on any atom is 0.496 e. The van der Waals surface area contributed by atoms with Gasteiger partial charge in [0.2, 0.25) is 0 Å². The van der Waals surface area contributed by atoms with Crippen molar-refractivity contribution in [2.45, 2.75) is 44.8 Å². The lowest BCUT2D eigenvalue weighted by Gasteiger charge is -2.32. The molecular weight excluding hydrogens is 271 g/mol. The molecule has 0 aromatic carbocycles. The molecule has 1 fully saturated rings. The molecule has 0 aromatic rings. The van der Waals surface area contributed by atoms with E-state index < -0.39 is 36.9 Å². The van der Waals surface area contributed by atoms with Gasteiger partial charge in [-0.25, -0.2) is 13.6 Å². The molecule has 0 aromatic heterocycles. The molecule has 20 heavy (non-hydrogen) atoms. The van der Waals surface area contributed by atoms with Crippen molar-refractivity contribution < 1.29 is 28.0 Å². The highest BCUT2D eigenvalue weighted by Crippen LogP contribution is 2.42. The van der Waals surface area contributed by atoms with Gasteiger partial charge in [-0.3, -0.25) is 4.90 Å². The number of hydrogen-bond donors (Lipinski definition) is 1. The van der Waals surface area contributed by atoms with Crippen molar-refractivity contribution >= 4 is 13.2 Å². The van der Waals surface area contributed by atoms with Crippen molar-refractivity contribution in [3.8, 4) is 0 Å². The molecule has 0 spiro atoms. The molecule has 0 radical (unpaired) electrons. The number of nitrogens with zero attached hydrogens (tertiary/aromatic N) is 1. The quantitative estimate of drug-likeness (QED) is 0.752. The molecule has 8 heteroatoms. The standard InChI is InChI=1S/C12H18BF2NO4/c1-10(2)11(3,4)20-13(19-10)8-5-6-16(9(17)18)7-12(8,14)15/h5H,6-7H2,1-4H3,(H,17,18). The van der Waals surface area contributed by atoms with Crippen LogP contribution in [0.15, 0.2) is 11.5 Å². The van der Waals surface area contributed by atoms with Crippen LogP contribution in [-0.4, -0.2) is 53.4 Å². The molecule has 2 aliphatic heterocycles. The summed E-state index contributed by atoms with van der Waals surface area (Å²) < 4.78 is 39.4. The van der Waals surface area contributed by atoms with Crippen molar-refractivity contribution in [3.05, 3.63) is 11.5 Å². The Labute approximate surface area is 116 Å². The highest BCUT2D eigenvalue weighted by Gasteiger charge is 2.57. The largest absolute Gasteiger partial charge is 0.496 e. The van der Waals surface area contributed by atoms with Crippen molar-refractivity contribution in [2.75, 3.05) is 13.1 Å². The molecule has 0 unspecified atom stereocenters. The SMILES string of the molecule is CC1(C)OB(C2=CCN(C(=O)O)CC2(F)F)OC1(C)C. The Balaban J connectivity index is 2.24. The third-order valence-electron chi connectivity index (χ3n) is 4.12. The zero-order chi connectivity index (χ0) is 15.3. The predicted octanol–water partition coefficient (Wildman–Crippen LogP) is 2.17. The summed E-state index contributed by atoms with van der Waals surface area (Å²) >= 11 is 0. The fourth-order valence-electron chi connectivity index (χ4n) is 2.14. The summed E-state index contributed by atoms with van der Waals surface area (Å²) in [5, 5.41) is 8.79. The maximum atomic E-state index is 14.1. The maximum absolute atomic E-state index is 14.1. The number of carbonyl (C=O) groups is 1. The number of amides is 1. The first kappa shape index (κ1) is 15.2. The van der Waals surface area contributed by atoms with Crippen LogP contribution in [0.2, 0.25) is 0 Å². The van der Waals surface area contributed by atoms with E-state index in [4.69, 9.17) is 14.4 Å². The summed E-state index contributed by atoms with van der Waals surface area (Å²) in [6.07, 6.45) is -0.186. The second-order valence-electron chi connectivity index (χ2n) is 6.12. The number of rotatable bonds is 1. The molecular formula is C12H18BF2NO4. The van der Waals surface area contributed by atoms with Gasteiger partial charge in [0.1, 0.15) is 0 Å². The Hall–Kier alpha value is -1.15. The van der Waals surface area contributed by atoms with Gasteiger partial charge in [-0.15, -0.1) is 0 Å². The number of halogens is 2. The van der Waals surface area contributed by atoms with E-state index in [9.17, 15) is 13.6 Å². The van der Waals surface area contributed by atoms with Crippen LogP contribution in [0, 0.1) is 0 Å². The van der Waals surface area contributed by atoms with Crippen LogP contribution in [0.1, 0.15) is 27.7 Å². The minimum absolute atomic E-state index is 0.0929. The Bertz CT molecular complexity index is 448. The second-order valence-corrected chi connectivity index (χ2v) is 6.12. The predicted molar refractivity (Wildman–Crippen MR) is 68.7 cm³/mol. The normalized spacial score (nSPS) is 27.4. The minimum atomic E-state index is -3.29. The van der Waals surface area contributed by atoms with Crippen molar-refractivity contribution in [3.63, 3.8) is 0 Å². The van der Waals surface area contributed by atoms with Gasteiger partial charge >= 0.3 is 13.2 Å².